The van der Waals surface area contributed by atoms with Crippen molar-refractivity contribution < 1.29 is 23.8 Å². The number of nitrogens with zero attached hydrogens (tertiary/aromatic N) is 5. The van der Waals surface area contributed by atoms with Gasteiger partial charge in [-0.1, -0.05) is 19.9 Å². The molecule has 2 aliphatic rings. The number of aliphatic hydroxyl groups excluding tert-OH is 1. The zero-order valence-corrected chi connectivity index (χ0v) is 26.2. The number of hydrogen-bond acceptors (Lipinski definition) is 8. The number of carbonyl (C=O) groups excluding carboxylic acids is 1. The first kappa shape index (κ1) is 32.0. The molecule has 1 saturated heterocycles. The van der Waals surface area contributed by atoms with Crippen molar-refractivity contribution >= 4 is 16.8 Å². The van der Waals surface area contributed by atoms with Crippen LogP contribution in [0, 0.1) is 11.7 Å². The Balaban J connectivity index is 1.24. The third kappa shape index (κ3) is 6.77. The summed E-state index contributed by atoms with van der Waals surface area (Å²) in [6, 6.07) is 9.76. The lowest BCUT2D eigenvalue weighted by Crippen LogP contribution is -2.47. The maximum absolute atomic E-state index is 15.5. The standard InChI is InChI=1S/C35H40F2N6O3/c1-22(2)35(37)8-5-30-27(18-35)16-25-15-26(17-28(36)32(25)41-30)33(45)42-31(7-12-43-13-9-34(46,21-44)10-14-43)23-3-4-29(38-19-23)24-6-11-39-40-20-24/h3-4,6,11,15-17,19-20,22,31,44,46H,5,7-10,12-14,18,21H2,1-2H3,(H,42,45)/t31-,35+/m1/s1. The average Bonchev–Trinajstić information content (AvgIpc) is 3.07. The predicted octanol–water partition coefficient (Wildman–Crippen LogP) is 4.76. The summed E-state index contributed by atoms with van der Waals surface area (Å²) < 4.78 is 31.0. The summed E-state index contributed by atoms with van der Waals surface area (Å²) >= 11 is 0. The lowest BCUT2D eigenvalue weighted by molar-refractivity contribution is -0.0596. The molecular formula is C35H40F2N6O3. The van der Waals surface area contributed by atoms with E-state index in [0.29, 0.717) is 68.5 Å². The molecule has 4 aromatic rings. The van der Waals surface area contributed by atoms with Crippen LogP contribution in [0.4, 0.5) is 8.78 Å². The van der Waals surface area contributed by atoms with Crippen LogP contribution in [0.15, 0.2) is 55.0 Å². The van der Waals surface area contributed by atoms with Gasteiger partial charge in [0.15, 0.2) is 0 Å². The maximum Gasteiger partial charge on any atom is 0.251 e. The molecule has 1 fully saturated rings. The second-order valence-electron chi connectivity index (χ2n) is 13.1. The molecule has 3 N–H and O–H groups in total. The second kappa shape index (κ2) is 13.1. The summed E-state index contributed by atoms with van der Waals surface area (Å²) in [5.41, 5.74) is 1.72. The predicted molar refractivity (Wildman–Crippen MR) is 170 cm³/mol. The number of carbonyl (C=O) groups is 1. The monoisotopic (exact) mass is 630 g/mol. The summed E-state index contributed by atoms with van der Waals surface area (Å²) in [6.07, 6.45) is 7.43. The zero-order chi connectivity index (χ0) is 32.5. The molecule has 3 aromatic heterocycles. The van der Waals surface area contributed by atoms with Gasteiger partial charge in [-0.15, -0.1) is 0 Å². The van der Waals surface area contributed by atoms with Crippen LogP contribution in [-0.4, -0.2) is 78.7 Å². The number of aromatic nitrogens is 4. The van der Waals surface area contributed by atoms with Crippen LogP contribution < -0.4 is 5.32 Å². The average molecular weight is 631 g/mol. The summed E-state index contributed by atoms with van der Waals surface area (Å²) in [4.78, 5) is 25.0. The number of aliphatic hydroxyl groups is 2. The van der Waals surface area contributed by atoms with Gasteiger partial charge in [0.25, 0.3) is 5.91 Å². The molecule has 0 saturated carbocycles. The lowest BCUT2D eigenvalue weighted by Gasteiger charge is -2.37. The third-order valence-corrected chi connectivity index (χ3v) is 9.79. The van der Waals surface area contributed by atoms with Crippen molar-refractivity contribution in [2.24, 2.45) is 5.92 Å². The highest BCUT2D eigenvalue weighted by Gasteiger charge is 2.38. The molecule has 0 unspecified atom stereocenters. The number of rotatable bonds is 9. The van der Waals surface area contributed by atoms with Crippen LogP contribution in [0.2, 0.25) is 0 Å². The highest BCUT2D eigenvalue weighted by atomic mass is 19.1. The molecule has 4 heterocycles. The van der Waals surface area contributed by atoms with Gasteiger partial charge in [-0.05, 0) is 79.5 Å². The SMILES string of the molecule is CC(C)[C@]1(F)CCc2nc3c(F)cc(C(=O)N[C@H](CCN4CCC(O)(CO)CC4)c4ccc(-c5ccnnc5)nc4)cc3cc2C1. The molecule has 2 atom stereocenters. The van der Waals surface area contributed by atoms with Gasteiger partial charge in [0.2, 0.25) is 0 Å². The number of pyridine rings is 2. The minimum atomic E-state index is -1.34. The molecule has 1 aliphatic carbocycles. The Morgan fingerprint density at radius 1 is 1.09 bits per heavy atom. The normalized spacial score (nSPS) is 20.4. The minimum absolute atomic E-state index is 0.154. The van der Waals surface area contributed by atoms with Gasteiger partial charge in [0.1, 0.15) is 17.0 Å². The van der Waals surface area contributed by atoms with Crippen LogP contribution >= 0.6 is 0 Å². The molecule has 0 radical (unpaired) electrons. The number of piperidine rings is 1. The zero-order valence-electron chi connectivity index (χ0n) is 26.2. The number of nitrogens with one attached hydrogen (secondary N) is 1. The molecule has 0 bridgehead atoms. The van der Waals surface area contributed by atoms with E-state index in [1.165, 1.54) is 6.07 Å². The van der Waals surface area contributed by atoms with E-state index < -0.39 is 29.0 Å². The van der Waals surface area contributed by atoms with Crippen LogP contribution in [0.1, 0.15) is 72.8 Å². The fourth-order valence-electron chi connectivity index (χ4n) is 6.50. The first-order chi connectivity index (χ1) is 22.1. The third-order valence-electron chi connectivity index (χ3n) is 9.79. The Bertz CT molecular complexity index is 1700. The van der Waals surface area contributed by atoms with E-state index >= 15 is 8.78 Å². The van der Waals surface area contributed by atoms with Crippen molar-refractivity contribution in [1.82, 2.24) is 30.4 Å². The summed E-state index contributed by atoms with van der Waals surface area (Å²) in [5, 5.41) is 31.2. The van der Waals surface area contributed by atoms with E-state index in [1.807, 2.05) is 32.0 Å². The number of hydrogen-bond donors (Lipinski definition) is 3. The Labute approximate surface area is 267 Å². The number of aryl methyl sites for hydroxylation is 1. The fourth-order valence-corrected chi connectivity index (χ4v) is 6.50. The number of likely N-dealkylation sites (tertiary alicyclic amines) is 1. The van der Waals surface area contributed by atoms with Crippen LogP contribution in [-0.2, 0) is 12.8 Å². The minimum Gasteiger partial charge on any atom is -0.393 e. The molecule has 46 heavy (non-hydrogen) atoms. The Kier molecular flexibility index (Phi) is 9.09. The van der Waals surface area contributed by atoms with Gasteiger partial charge in [0.05, 0.1) is 36.3 Å². The van der Waals surface area contributed by atoms with E-state index in [0.717, 1.165) is 16.7 Å². The fraction of sp³-hybridized carbons (Fsp3) is 0.457. The van der Waals surface area contributed by atoms with Crippen molar-refractivity contribution in [3.8, 4) is 11.3 Å². The van der Waals surface area contributed by atoms with Crippen molar-refractivity contribution in [3.63, 3.8) is 0 Å². The van der Waals surface area contributed by atoms with Gasteiger partial charge >= 0.3 is 0 Å². The molecule has 11 heteroatoms. The number of alkyl halides is 1. The van der Waals surface area contributed by atoms with Crippen molar-refractivity contribution in [2.75, 3.05) is 26.2 Å². The van der Waals surface area contributed by atoms with Gasteiger partial charge in [-0.3, -0.25) is 9.78 Å². The molecule has 242 valence electrons. The second-order valence-corrected chi connectivity index (χ2v) is 13.1. The van der Waals surface area contributed by atoms with E-state index in [9.17, 15) is 15.0 Å². The molecular weight excluding hydrogens is 590 g/mol. The van der Waals surface area contributed by atoms with Crippen molar-refractivity contribution in [2.45, 2.75) is 69.7 Å². The molecule has 1 aliphatic heterocycles. The highest BCUT2D eigenvalue weighted by molar-refractivity contribution is 5.98. The first-order valence-electron chi connectivity index (χ1n) is 16.0. The van der Waals surface area contributed by atoms with Gasteiger partial charge in [-0.25, -0.2) is 13.8 Å². The Hall–Kier alpha value is -3.93. The Morgan fingerprint density at radius 2 is 1.89 bits per heavy atom. The highest BCUT2D eigenvalue weighted by Crippen LogP contribution is 2.38. The number of amides is 1. The molecule has 1 amide bonds. The van der Waals surface area contributed by atoms with Gasteiger partial charge in [-0.2, -0.15) is 10.2 Å². The van der Waals surface area contributed by atoms with Crippen LogP contribution in [0.3, 0.4) is 0 Å². The molecule has 1 aromatic carbocycles. The van der Waals surface area contributed by atoms with Gasteiger partial charge < -0.3 is 20.4 Å². The van der Waals surface area contributed by atoms with E-state index in [-0.39, 0.29) is 30.0 Å². The van der Waals surface area contributed by atoms with Crippen molar-refractivity contribution in [1.29, 1.82) is 0 Å². The van der Waals surface area contributed by atoms with Crippen LogP contribution in [0.25, 0.3) is 22.2 Å². The van der Waals surface area contributed by atoms with Crippen molar-refractivity contribution in [3.05, 3.63) is 83.2 Å². The van der Waals surface area contributed by atoms with E-state index in [2.05, 4.69) is 30.4 Å². The quantitative estimate of drug-likeness (QED) is 0.242. The maximum atomic E-state index is 15.5. The Morgan fingerprint density at radius 3 is 2.57 bits per heavy atom. The molecule has 0 spiro atoms. The summed E-state index contributed by atoms with van der Waals surface area (Å²) in [6.45, 7) is 5.35. The largest absolute Gasteiger partial charge is 0.393 e. The number of fused-ring (bicyclic) bond motifs is 2. The summed E-state index contributed by atoms with van der Waals surface area (Å²) in [5.74, 6) is -1.19. The topological polar surface area (TPSA) is 124 Å². The van der Waals surface area contributed by atoms with Crippen LogP contribution in [0.5, 0.6) is 0 Å². The molecule has 6 rings (SSSR count). The number of benzene rings is 1. The lowest BCUT2D eigenvalue weighted by atomic mass is 9.77. The van der Waals surface area contributed by atoms with Gasteiger partial charge in [0, 0.05) is 54.5 Å². The smallest absolute Gasteiger partial charge is 0.251 e. The molecule has 9 nitrogen and oxygen atoms in total. The van der Waals surface area contributed by atoms with E-state index in [1.54, 1.807) is 30.7 Å². The first-order valence-corrected chi connectivity index (χ1v) is 16.0. The summed E-state index contributed by atoms with van der Waals surface area (Å²) in [7, 11) is 0. The van der Waals surface area contributed by atoms with E-state index in [4.69, 9.17) is 0 Å². The number of halogens is 2.